The Bertz CT molecular complexity index is 481. The number of nitrogens with one attached hydrogen (secondary N) is 2. The Balaban J connectivity index is 0.00000484. The van der Waals surface area contributed by atoms with E-state index in [0.29, 0.717) is 17.9 Å². The van der Waals surface area contributed by atoms with Gasteiger partial charge >= 0.3 is 0 Å². The van der Waals surface area contributed by atoms with Crippen molar-refractivity contribution in [1.82, 2.24) is 20.4 Å². The van der Waals surface area contributed by atoms with Crippen molar-refractivity contribution in [3.8, 4) is 0 Å². The molecule has 1 aromatic rings. The molecule has 0 bridgehead atoms. The smallest absolute Gasteiger partial charge is 0.191 e. The molecule has 0 saturated heterocycles. The first-order chi connectivity index (χ1) is 10.3. The zero-order valence-electron chi connectivity index (χ0n) is 15.7. The Morgan fingerprint density at radius 2 is 1.91 bits per heavy atom. The van der Waals surface area contributed by atoms with Gasteiger partial charge in [-0.15, -0.1) is 24.0 Å². The fourth-order valence-corrected chi connectivity index (χ4v) is 2.16. The van der Waals surface area contributed by atoms with Gasteiger partial charge in [-0.1, -0.05) is 20.8 Å². The van der Waals surface area contributed by atoms with Crippen LogP contribution in [0.15, 0.2) is 11.1 Å². The Kier molecular flexibility index (Phi) is 10.5. The Labute approximate surface area is 158 Å². The molecule has 2 N–H and O–H groups in total. The fraction of sp³-hybridized carbons (Fsp3) is 0.765. The molecule has 0 aromatic carbocycles. The first-order valence-corrected chi connectivity index (χ1v) is 8.39. The van der Waals surface area contributed by atoms with Crippen LogP contribution < -0.4 is 10.6 Å². The van der Waals surface area contributed by atoms with Crippen LogP contribution in [-0.4, -0.2) is 34.9 Å². The molecule has 0 amide bonds. The molecule has 0 aliphatic rings. The van der Waals surface area contributed by atoms with Crippen molar-refractivity contribution in [2.24, 2.45) is 16.8 Å². The highest BCUT2D eigenvalue weighted by atomic mass is 127. The summed E-state index contributed by atoms with van der Waals surface area (Å²) < 4.78 is 2.08. The summed E-state index contributed by atoms with van der Waals surface area (Å²) in [5, 5.41) is 11.3. The molecule has 1 rings (SSSR count). The number of aryl methyl sites for hydroxylation is 2. The molecule has 23 heavy (non-hydrogen) atoms. The van der Waals surface area contributed by atoms with E-state index in [0.717, 1.165) is 31.3 Å². The third kappa shape index (κ3) is 8.04. The number of aliphatic imine (C=N–C) groups is 1. The molecular weight excluding hydrogens is 401 g/mol. The van der Waals surface area contributed by atoms with Crippen LogP contribution in [0.4, 0.5) is 0 Å². The van der Waals surface area contributed by atoms with Crippen LogP contribution in [-0.2, 0) is 6.54 Å². The summed E-state index contributed by atoms with van der Waals surface area (Å²) in [5.74, 6) is 1.93. The third-order valence-electron chi connectivity index (χ3n) is 3.86. The van der Waals surface area contributed by atoms with E-state index in [9.17, 15) is 0 Å². The summed E-state index contributed by atoms with van der Waals surface area (Å²) in [4.78, 5) is 4.72. The number of halogens is 1. The molecule has 0 radical (unpaired) electrons. The van der Waals surface area contributed by atoms with Crippen molar-refractivity contribution >= 4 is 29.9 Å². The summed E-state index contributed by atoms with van der Waals surface area (Å²) >= 11 is 0. The second-order valence-electron chi connectivity index (χ2n) is 6.61. The summed E-state index contributed by atoms with van der Waals surface area (Å²) in [5.41, 5.74) is 2.29. The number of guanidine groups is 1. The first-order valence-electron chi connectivity index (χ1n) is 8.39. The predicted octanol–water partition coefficient (Wildman–Crippen LogP) is 3.35. The molecule has 1 aromatic heterocycles. The van der Waals surface area contributed by atoms with Gasteiger partial charge in [-0.2, -0.15) is 5.10 Å². The minimum Gasteiger partial charge on any atom is -0.357 e. The number of hydrogen-bond acceptors (Lipinski definition) is 2. The monoisotopic (exact) mass is 435 g/mol. The molecule has 0 aliphatic carbocycles. The summed E-state index contributed by atoms with van der Waals surface area (Å²) in [6, 6.07) is 2.52. The van der Waals surface area contributed by atoms with E-state index in [1.54, 1.807) is 0 Å². The largest absolute Gasteiger partial charge is 0.357 e. The molecule has 2 unspecified atom stereocenters. The lowest BCUT2D eigenvalue weighted by Crippen LogP contribution is -2.44. The highest BCUT2D eigenvalue weighted by Crippen LogP contribution is 2.07. The highest BCUT2D eigenvalue weighted by Gasteiger charge is 2.10. The standard InChI is InChI=1S/C17H33N5.HI/c1-8-18-17(20-16(7)12(2)3)19-10-13(4)11-22-15(6)9-14(5)21-22;/h9,12-13,16H,8,10-11H2,1-7H3,(H2,18,19,20);1H. The van der Waals surface area contributed by atoms with Gasteiger partial charge in [-0.25, -0.2) is 0 Å². The molecule has 6 heteroatoms. The van der Waals surface area contributed by atoms with Gasteiger partial charge in [0.25, 0.3) is 0 Å². The summed E-state index contributed by atoms with van der Waals surface area (Å²) in [6.45, 7) is 17.6. The lowest BCUT2D eigenvalue weighted by atomic mass is 10.1. The van der Waals surface area contributed by atoms with Crippen molar-refractivity contribution in [1.29, 1.82) is 0 Å². The van der Waals surface area contributed by atoms with Gasteiger partial charge in [0.2, 0.25) is 0 Å². The maximum absolute atomic E-state index is 4.72. The molecule has 5 nitrogen and oxygen atoms in total. The van der Waals surface area contributed by atoms with E-state index >= 15 is 0 Å². The topological polar surface area (TPSA) is 54.2 Å². The van der Waals surface area contributed by atoms with Crippen LogP contribution in [0.25, 0.3) is 0 Å². The van der Waals surface area contributed by atoms with E-state index in [2.05, 4.69) is 68.0 Å². The van der Waals surface area contributed by atoms with Crippen LogP contribution in [0, 0.1) is 25.7 Å². The van der Waals surface area contributed by atoms with E-state index < -0.39 is 0 Å². The summed E-state index contributed by atoms with van der Waals surface area (Å²) in [6.07, 6.45) is 0. The molecular formula is C17H34IN5. The normalized spacial score (nSPS) is 14.3. The predicted molar refractivity (Wildman–Crippen MR) is 110 cm³/mol. The molecule has 0 spiro atoms. The molecule has 0 fully saturated rings. The molecule has 0 saturated carbocycles. The third-order valence-corrected chi connectivity index (χ3v) is 3.86. The number of nitrogens with zero attached hydrogens (tertiary/aromatic N) is 3. The maximum Gasteiger partial charge on any atom is 0.191 e. The van der Waals surface area contributed by atoms with Crippen molar-refractivity contribution < 1.29 is 0 Å². The summed E-state index contributed by atoms with van der Waals surface area (Å²) in [7, 11) is 0. The SMILES string of the molecule is CCNC(=NCC(C)Cn1nc(C)cc1C)NC(C)C(C)C.I. The Morgan fingerprint density at radius 3 is 2.39 bits per heavy atom. The van der Waals surface area contributed by atoms with Crippen LogP contribution in [0.3, 0.4) is 0 Å². The van der Waals surface area contributed by atoms with E-state index in [1.807, 2.05) is 6.92 Å². The second-order valence-corrected chi connectivity index (χ2v) is 6.61. The lowest BCUT2D eigenvalue weighted by Gasteiger charge is -2.21. The van der Waals surface area contributed by atoms with Gasteiger partial charge in [0.1, 0.15) is 0 Å². The average molecular weight is 435 g/mol. The quantitative estimate of drug-likeness (QED) is 0.393. The van der Waals surface area contributed by atoms with E-state index in [4.69, 9.17) is 4.99 Å². The zero-order chi connectivity index (χ0) is 16.7. The van der Waals surface area contributed by atoms with Crippen molar-refractivity contribution in [2.45, 2.75) is 61.1 Å². The van der Waals surface area contributed by atoms with Crippen LogP contribution in [0.2, 0.25) is 0 Å². The van der Waals surface area contributed by atoms with Gasteiger partial charge in [-0.3, -0.25) is 9.67 Å². The maximum atomic E-state index is 4.72. The number of hydrogen-bond donors (Lipinski definition) is 2. The highest BCUT2D eigenvalue weighted by molar-refractivity contribution is 14.0. The van der Waals surface area contributed by atoms with Gasteiger partial charge in [-0.05, 0) is 45.6 Å². The lowest BCUT2D eigenvalue weighted by molar-refractivity contribution is 0.446. The van der Waals surface area contributed by atoms with Crippen LogP contribution in [0.1, 0.15) is 46.0 Å². The van der Waals surface area contributed by atoms with Gasteiger partial charge in [0.05, 0.1) is 5.69 Å². The zero-order valence-corrected chi connectivity index (χ0v) is 18.0. The minimum atomic E-state index is 0. The van der Waals surface area contributed by atoms with Crippen molar-refractivity contribution in [3.05, 3.63) is 17.5 Å². The van der Waals surface area contributed by atoms with Gasteiger partial charge in [0, 0.05) is 31.4 Å². The Hall–Kier alpha value is -0.790. The van der Waals surface area contributed by atoms with Crippen molar-refractivity contribution in [2.75, 3.05) is 13.1 Å². The first kappa shape index (κ1) is 22.2. The van der Waals surface area contributed by atoms with Crippen LogP contribution in [0.5, 0.6) is 0 Å². The fourth-order valence-electron chi connectivity index (χ4n) is 2.16. The van der Waals surface area contributed by atoms with E-state index in [1.165, 1.54) is 5.69 Å². The number of rotatable bonds is 7. The molecule has 2 atom stereocenters. The second kappa shape index (κ2) is 10.9. The average Bonchev–Trinajstić information content (AvgIpc) is 2.74. The Morgan fingerprint density at radius 1 is 1.26 bits per heavy atom. The molecule has 134 valence electrons. The van der Waals surface area contributed by atoms with Gasteiger partial charge in [0.15, 0.2) is 5.96 Å². The molecule has 0 aliphatic heterocycles. The minimum absolute atomic E-state index is 0. The van der Waals surface area contributed by atoms with E-state index in [-0.39, 0.29) is 24.0 Å². The van der Waals surface area contributed by atoms with Gasteiger partial charge < -0.3 is 10.6 Å². The molecule has 1 heterocycles. The number of aromatic nitrogens is 2. The van der Waals surface area contributed by atoms with Crippen LogP contribution >= 0.6 is 24.0 Å². The van der Waals surface area contributed by atoms with Crippen molar-refractivity contribution in [3.63, 3.8) is 0 Å².